The highest BCUT2D eigenvalue weighted by Crippen LogP contribution is 2.36. The van der Waals surface area contributed by atoms with Gasteiger partial charge in [0.05, 0.1) is 16.9 Å². The van der Waals surface area contributed by atoms with E-state index in [4.69, 9.17) is 5.73 Å². The van der Waals surface area contributed by atoms with Crippen LogP contribution < -0.4 is 5.73 Å². The Balaban J connectivity index is 2.58. The summed E-state index contributed by atoms with van der Waals surface area (Å²) in [7, 11) is 0. The number of nitrogen functional groups attached to an aromatic ring is 1. The van der Waals surface area contributed by atoms with Gasteiger partial charge in [-0.05, 0) is 24.6 Å². The number of hydrogen-bond acceptors (Lipinski definition) is 3. The normalized spacial score (nSPS) is 11.8. The van der Waals surface area contributed by atoms with Gasteiger partial charge in [0.1, 0.15) is 0 Å². The van der Waals surface area contributed by atoms with Crippen LogP contribution in [0.5, 0.6) is 0 Å². The minimum Gasteiger partial charge on any atom is -0.381 e. The molecule has 0 unspecified atom stereocenters. The Hall–Kier alpha value is -1.57. The Bertz CT molecular complexity index is 606. The highest BCUT2D eigenvalue weighted by molar-refractivity contribution is 9.10. The van der Waals surface area contributed by atoms with Gasteiger partial charge in [0, 0.05) is 4.47 Å². The van der Waals surface area contributed by atoms with E-state index in [1.165, 1.54) is 16.8 Å². The Morgan fingerprint density at radius 1 is 1.37 bits per heavy atom. The van der Waals surface area contributed by atoms with E-state index in [-0.39, 0.29) is 16.0 Å². The lowest BCUT2D eigenvalue weighted by molar-refractivity contribution is -0.138. The minimum atomic E-state index is -4.44. The molecule has 4 nitrogen and oxygen atoms in total. The predicted octanol–water partition coefficient (Wildman–Crippen LogP) is 3.19. The number of anilines is 1. The van der Waals surface area contributed by atoms with Gasteiger partial charge in [0.15, 0.2) is 5.82 Å². The summed E-state index contributed by atoms with van der Waals surface area (Å²) in [6.07, 6.45) is -3.91. The van der Waals surface area contributed by atoms with Gasteiger partial charge in [-0.1, -0.05) is 28.1 Å². The van der Waals surface area contributed by atoms with Gasteiger partial charge in [-0.25, -0.2) is 4.68 Å². The molecule has 102 valence electrons. The van der Waals surface area contributed by atoms with Gasteiger partial charge in [-0.15, -0.1) is 5.10 Å². The topological polar surface area (TPSA) is 56.7 Å². The van der Waals surface area contributed by atoms with Crippen molar-refractivity contribution < 1.29 is 13.2 Å². The SMILES string of the molecule is CCc1c(N)nnn1-c1ccc(Br)c(C(F)(F)F)c1. The van der Waals surface area contributed by atoms with Crippen LogP contribution in [-0.4, -0.2) is 15.0 Å². The monoisotopic (exact) mass is 334 g/mol. The zero-order chi connectivity index (χ0) is 14.2. The summed E-state index contributed by atoms with van der Waals surface area (Å²) < 4.78 is 39.8. The van der Waals surface area contributed by atoms with Crippen LogP contribution in [0, 0.1) is 0 Å². The second-order valence-corrected chi connectivity index (χ2v) is 4.70. The van der Waals surface area contributed by atoms with Crippen LogP contribution in [0.2, 0.25) is 0 Å². The van der Waals surface area contributed by atoms with Crippen molar-refractivity contribution in [2.75, 3.05) is 5.73 Å². The van der Waals surface area contributed by atoms with Crippen LogP contribution in [0.15, 0.2) is 22.7 Å². The predicted molar refractivity (Wildman–Crippen MR) is 67.9 cm³/mol. The zero-order valence-corrected chi connectivity index (χ0v) is 11.5. The van der Waals surface area contributed by atoms with E-state index in [1.807, 2.05) is 6.92 Å². The number of rotatable bonds is 2. The molecule has 2 aromatic rings. The molecule has 8 heteroatoms. The Labute approximate surface area is 115 Å². The molecule has 0 bridgehead atoms. The van der Waals surface area contributed by atoms with Crippen LogP contribution in [0.25, 0.3) is 5.69 Å². The average molecular weight is 335 g/mol. The molecule has 0 saturated heterocycles. The molecule has 1 heterocycles. The Morgan fingerprint density at radius 3 is 2.63 bits per heavy atom. The van der Waals surface area contributed by atoms with E-state index in [0.29, 0.717) is 12.1 Å². The fourth-order valence-electron chi connectivity index (χ4n) is 1.71. The van der Waals surface area contributed by atoms with Crippen molar-refractivity contribution >= 4 is 21.7 Å². The standard InChI is InChI=1S/C11H10BrF3N4/c1-2-9-10(16)17-18-19(9)6-3-4-8(12)7(5-6)11(13,14)15/h3-5H,2,16H2,1H3. The van der Waals surface area contributed by atoms with Crippen molar-refractivity contribution in [2.24, 2.45) is 0 Å². The van der Waals surface area contributed by atoms with Gasteiger partial charge >= 0.3 is 6.18 Å². The molecular weight excluding hydrogens is 325 g/mol. The molecule has 0 aliphatic carbocycles. The van der Waals surface area contributed by atoms with E-state index in [1.54, 1.807) is 0 Å². The molecule has 0 amide bonds. The maximum absolute atomic E-state index is 12.8. The second-order valence-electron chi connectivity index (χ2n) is 3.85. The molecule has 0 aliphatic heterocycles. The van der Waals surface area contributed by atoms with Crippen molar-refractivity contribution in [3.05, 3.63) is 33.9 Å². The van der Waals surface area contributed by atoms with Crippen molar-refractivity contribution in [1.29, 1.82) is 0 Å². The average Bonchev–Trinajstić information content (AvgIpc) is 2.69. The number of benzene rings is 1. The molecule has 0 spiro atoms. The van der Waals surface area contributed by atoms with Crippen LogP contribution in [0.3, 0.4) is 0 Å². The molecule has 0 saturated carbocycles. The second kappa shape index (κ2) is 4.84. The van der Waals surface area contributed by atoms with Crippen LogP contribution >= 0.6 is 15.9 Å². The minimum absolute atomic E-state index is 0.0186. The first-order valence-electron chi connectivity index (χ1n) is 5.41. The van der Waals surface area contributed by atoms with E-state index < -0.39 is 11.7 Å². The molecule has 0 aliphatic rings. The molecule has 0 radical (unpaired) electrons. The maximum Gasteiger partial charge on any atom is 0.417 e. The third-order valence-electron chi connectivity index (χ3n) is 2.63. The first kappa shape index (κ1) is 13.9. The molecule has 1 aromatic heterocycles. The third kappa shape index (κ3) is 2.58. The van der Waals surface area contributed by atoms with Gasteiger partial charge < -0.3 is 5.73 Å². The molecule has 1 aromatic carbocycles. The van der Waals surface area contributed by atoms with Crippen LogP contribution in [0.1, 0.15) is 18.2 Å². The summed E-state index contributed by atoms with van der Waals surface area (Å²) >= 11 is 2.89. The molecule has 19 heavy (non-hydrogen) atoms. The summed E-state index contributed by atoms with van der Waals surface area (Å²) in [5.41, 5.74) is 5.71. The largest absolute Gasteiger partial charge is 0.417 e. The van der Waals surface area contributed by atoms with Crippen LogP contribution in [0.4, 0.5) is 19.0 Å². The fraction of sp³-hybridized carbons (Fsp3) is 0.273. The lowest BCUT2D eigenvalue weighted by Crippen LogP contribution is -2.09. The summed E-state index contributed by atoms with van der Waals surface area (Å²) in [6, 6.07) is 3.86. The Morgan fingerprint density at radius 2 is 2.05 bits per heavy atom. The summed E-state index contributed by atoms with van der Waals surface area (Å²) in [5, 5.41) is 7.44. The van der Waals surface area contributed by atoms with Gasteiger partial charge in [0.2, 0.25) is 0 Å². The molecular formula is C11H10BrF3N4. The summed E-state index contributed by atoms with van der Waals surface area (Å²) in [6.45, 7) is 1.83. The number of hydrogen-bond donors (Lipinski definition) is 1. The molecule has 0 atom stereocenters. The fourth-order valence-corrected chi connectivity index (χ4v) is 2.19. The number of nitrogens with zero attached hydrogens (tertiary/aromatic N) is 3. The molecule has 2 N–H and O–H groups in total. The number of aromatic nitrogens is 3. The van der Waals surface area contributed by atoms with Gasteiger partial charge in [-0.3, -0.25) is 0 Å². The summed E-state index contributed by atoms with van der Waals surface area (Å²) in [4.78, 5) is 0. The van der Waals surface area contributed by atoms with Gasteiger partial charge in [-0.2, -0.15) is 13.2 Å². The van der Waals surface area contributed by atoms with Crippen molar-refractivity contribution in [1.82, 2.24) is 15.0 Å². The van der Waals surface area contributed by atoms with E-state index >= 15 is 0 Å². The number of nitrogens with two attached hydrogens (primary N) is 1. The highest BCUT2D eigenvalue weighted by Gasteiger charge is 2.33. The van der Waals surface area contributed by atoms with Crippen molar-refractivity contribution in [2.45, 2.75) is 19.5 Å². The number of halogens is 4. The molecule has 0 fully saturated rings. The highest BCUT2D eigenvalue weighted by atomic mass is 79.9. The first-order chi connectivity index (χ1) is 8.84. The zero-order valence-electron chi connectivity index (χ0n) is 9.87. The first-order valence-corrected chi connectivity index (χ1v) is 6.21. The lowest BCUT2D eigenvalue weighted by atomic mass is 10.2. The van der Waals surface area contributed by atoms with Crippen molar-refractivity contribution in [3.8, 4) is 5.69 Å². The van der Waals surface area contributed by atoms with Crippen LogP contribution in [-0.2, 0) is 12.6 Å². The maximum atomic E-state index is 12.8. The third-order valence-corrected chi connectivity index (χ3v) is 3.32. The van der Waals surface area contributed by atoms with E-state index in [0.717, 1.165) is 6.07 Å². The number of alkyl halides is 3. The van der Waals surface area contributed by atoms with Crippen molar-refractivity contribution in [3.63, 3.8) is 0 Å². The Kier molecular flexibility index (Phi) is 3.53. The quantitative estimate of drug-likeness (QED) is 0.917. The smallest absolute Gasteiger partial charge is 0.381 e. The lowest BCUT2D eigenvalue weighted by Gasteiger charge is -2.12. The molecule has 2 rings (SSSR count). The van der Waals surface area contributed by atoms with E-state index in [2.05, 4.69) is 26.2 Å². The summed E-state index contributed by atoms with van der Waals surface area (Å²) in [5.74, 6) is 0.221. The van der Waals surface area contributed by atoms with Gasteiger partial charge in [0.25, 0.3) is 0 Å². The van der Waals surface area contributed by atoms with E-state index in [9.17, 15) is 13.2 Å².